The number of carboxylic acid groups (broad SMARTS) is 2. The van der Waals surface area contributed by atoms with Crippen LogP contribution >= 0.6 is 11.8 Å². The molecule has 0 aliphatic rings. The fourth-order valence-electron chi connectivity index (χ4n) is 0.795. The first kappa shape index (κ1) is 17.4. The molecule has 16 heavy (non-hydrogen) atoms. The first-order valence-electron chi connectivity index (χ1n) is 4.80. The molecular weight excluding hydrogens is 230 g/mol. The van der Waals surface area contributed by atoms with Crippen molar-refractivity contribution < 1.29 is 19.8 Å². The Morgan fingerprint density at radius 1 is 1.50 bits per heavy atom. The molecule has 6 heteroatoms. The highest BCUT2D eigenvalue weighted by Crippen LogP contribution is 2.00. The van der Waals surface area contributed by atoms with Crippen molar-refractivity contribution in [3.8, 4) is 0 Å². The summed E-state index contributed by atoms with van der Waals surface area (Å²) in [7, 11) is 0. The molecule has 0 aromatic heterocycles. The summed E-state index contributed by atoms with van der Waals surface area (Å²) in [4.78, 5) is 19.8. The number of nitrogens with one attached hydrogen (secondary N) is 1. The summed E-state index contributed by atoms with van der Waals surface area (Å²) in [6.07, 6.45) is 3.51. The zero-order valence-corrected chi connectivity index (χ0v) is 10.4. The van der Waals surface area contributed by atoms with E-state index >= 15 is 0 Å². The Bertz CT molecular complexity index is 221. The maximum absolute atomic E-state index is 10.5. The lowest BCUT2D eigenvalue weighted by molar-refractivity contribution is -0.139. The highest BCUT2D eigenvalue weighted by molar-refractivity contribution is 7.98. The highest BCUT2D eigenvalue weighted by Gasteiger charge is 2.14. The number of carboxylic acids is 2. The van der Waals surface area contributed by atoms with E-state index < -0.39 is 11.9 Å². The van der Waals surface area contributed by atoms with Gasteiger partial charge in [-0.3, -0.25) is 4.79 Å². The van der Waals surface area contributed by atoms with E-state index in [2.05, 4.69) is 11.9 Å². The molecule has 0 aliphatic carbocycles. The molecular formula is C10H19NO4S. The zero-order chi connectivity index (χ0) is 13.0. The van der Waals surface area contributed by atoms with Gasteiger partial charge in [-0.1, -0.05) is 13.5 Å². The van der Waals surface area contributed by atoms with Crippen molar-refractivity contribution in [3.05, 3.63) is 12.7 Å². The van der Waals surface area contributed by atoms with Gasteiger partial charge in [0.2, 0.25) is 0 Å². The van der Waals surface area contributed by atoms with Crippen molar-refractivity contribution in [2.75, 3.05) is 18.6 Å². The van der Waals surface area contributed by atoms with E-state index in [1.165, 1.54) is 0 Å². The van der Waals surface area contributed by atoms with Gasteiger partial charge in [-0.2, -0.15) is 11.8 Å². The molecule has 0 aromatic carbocycles. The predicted molar refractivity (Wildman–Crippen MR) is 65.9 cm³/mol. The second-order valence-corrected chi connectivity index (χ2v) is 3.76. The molecule has 0 aliphatic heterocycles. The van der Waals surface area contributed by atoms with E-state index in [1.807, 2.05) is 13.2 Å². The van der Waals surface area contributed by atoms with Crippen LogP contribution in [0.3, 0.4) is 0 Å². The fourth-order valence-corrected chi connectivity index (χ4v) is 1.27. The Labute approximate surface area is 99.9 Å². The van der Waals surface area contributed by atoms with Gasteiger partial charge in [0.25, 0.3) is 0 Å². The van der Waals surface area contributed by atoms with Crippen LogP contribution in [0.5, 0.6) is 0 Å². The Kier molecular flexibility index (Phi) is 13.1. The number of thioether (sulfide) groups is 1. The molecule has 0 rings (SSSR count). The monoisotopic (exact) mass is 249 g/mol. The minimum Gasteiger partial charge on any atom is -0.480 e. The third kappa shape index (κ3) is 13.0. The molecule has 1 atom stereocenters. The van der Waals surface area contributed by atoms with Crippen molar-refractivity contribution in [2.45, 2.75) is 19.4 Å². The van der Waals surface area contributed by atoms with Gasteiger partial charge in [-0.15, -0.1) is 0 Å². The smallest absolute Gasteiger partial charge is 0.327 e. The molecule has 3 N–H and O–H groups in total. The van der Waals surface area contributed by atoms with Crippen molar-refractivity contribution in [2.24, 2.45) is 0 Å². The van der Waals surface area contributed by atoms with Crippen LogP contribution in [0.25, 0.3) is 0 Å². The van der Waals surface area contributed by atoms with Gasteiger partial charge in [-0.25, -0.2) is 4.79 Å². The minimum absolute atomic E-state index is 0.368. The van der Waals surface area contributed by atoms with Crippen LogP contribution in [0.15, 0.2) is 12.7 Å². The summed E-state index contributed by atoms with van der Waals surface area (Å²) < 4.78 is 0. The van der Waals surface area contributed by atoms with Gasteiger partial charge >= 0.3 is 11.9 Å². The summed E-state index contributed by atoms with van der Waals surface area (Å²) >= 11 is 1.67. The van der Waals surface area contributed by atoms with Crippen molar-refractivity contribution >= 4 is 23.7 Å². The molecule has 0 fully saturated rings. The summed E-state index contributed by atoms with van der Waals surface area (Å²) in [6.45, 7) is 5.59. The Morgan fingerprint density at radius 2 is 2.00 bits per heavy atom. The van der Waals surface area contributed by atoms with Crippen molar-refractivity contribution in [1.82, 2.24) is 5.32 Å². The molecule has 0 heterocycles. The average molecular weight is 249 g/mol. The van der Waals surface area contributed by atoms with Crippen molar-refractivity contribution in [3.63, 3.8) is 0 Å². The third-order valence-electron chi connectivity index (χ3n) is 1.53. The van der Waals surface area contributed by atoms with Crippen LogP contribution in [0.2, 0.25) is 0 Å². The summed E-state index contributed by atoms with van der Waals surface area (Å²) in [6, 6.07) is -0.368. The van der Waals surface area contributed by atoms with Crippen LogP contribution in [0, 0.1) is 0 Å². The lowest BCUT2D eigenvalue weighted by atomic mass is 10.2. The van der Waals surface area contributed by atoms with Gasteiger partial charge in [0, 0.05) is 6.08 Å². The number of carbonyl (C=O) groups is 2. The standard InChI is InChI=1S/C7H15NO2S.C3H4O2/c1-3-8-6(7(9)10)4-5-11-2;1-2-3(4)5/h6,8H,3-5H2,1-2H3,(H,9,10);2H,1H2,(H,4,5)/t6-;/m0./s1. The molecule has 0 amide bonds. The van der Waals surface area contributed by atoms with Crippen LogP contribution < -0.4 is 5.32 Å². The molecule has 0 unspecified atom stereocenters. The van der Waals surface area contributed by atoms with E-state index in [0.29, 0.717) is 13.0 Å². The second-order valence-electron chi connectivity index (χ2n) is 2.77. The molecule has 0 spiro atoms. The fraction of sp³-hybridized carbons (Fsp3) is 0.600. The van der Waals surface area contributed by atoms with E-state index in [0.717, 1.165) is 11.8 Å². The lowest BCUT2D eigenvalue weighted by Crippen LogP contribution is -2.36. The van der Waals surface area contributed by atoms with Gasteiger partial charge in [0.05, 0.1) is 0 Å². The highest BCUT2D eigenvalue weighted by atomic mass is 32.2. The number of likely N-dealkylation sites (N-methyl/N-ethyl adjacent to an activating group) is 1. The molecule has 0 radical (unpaired) electrons. The Morgan fingerprint density at radius 3 is 2.25 bits per heavy atom. The van der Waals surface area contributed by atoms with Gasteiger partial charge < -0.3 is 15.5 Å². The largest absolute Gasteiger partial charge is 0.480 e. The number of hydrogen-bond acceptors (Lipinski definition) is 4. The minimum atomic E-state index is -0.981. The Hall–Kier alpha value is -1.01. The predicted octanol–water partition coefficient (Wildman–Crippen LogP) is 1.06. The Balaban J connectivity index is 0. The number of hydrogen-bond donors (Lipinski definition) is 3. The quantitative estimate of drug-likeness (QED) is 0.585. The topological polar surface area (TPSA) is 86.6 Å². The number of rotatable bonds is 7. The van der Waals surface area contributed by atoms with Crippen LogP contribution in [0.1, 0.15) is 13.3 Å². The van der Waals surface area contributed by atoms with E-state index in [-0.39, 0.29) is 6.04 Å². The maximum atomic E-state index is 10.5. The molecule has 0 saturated heterocycles. The maximum Gasteiger partial charge on any atom is 0.327 e. The number of aliphatic carboxylic acids is 2. The van der Waals surface area contributed by atoms with Gasteiger partial charge in [-0.05, 0) is 25.0 Å². The molecule has 94 valence electrons. The SMILES string of the molecule is C=CC(=O)O.CCN[C@@H](CCSC)C(=O)O. The summed E-state index contributed by atoms with van der Waals surface area (Å²) in [5, 5.41) is 19.2. The first-order chi connectivity index (χ1) is 7.49. The zero-order valence-electron chi connectivity index (χ0n) is 9.60. The van der Waals surface area contributed by atoms with E-state index in [9.17, 15) is 9.59 Å². The van der Waals surface area contributed by atoms with E-state index in [1.54, 1.807) is 11.8 Å². The van der Waals surface area contributed by atoms with Gasteiger partial charge in [0.1, 0.15) is 6.04 Å². The normalized spacial score (nSPS) is 10.9. The first-order valence-corrected chi connectivity index (χ1v) is 6.19. The summed E-state index contributed by atoms with van der Waals surface area (Å²) in [5.74, 6) is -0.838. The van der Waals surface area contributed by atoms with Crippen LogP contribution in [-0.2, 0) is 9.59 Å². The van der Waals surface area contributed by atoms with E-state index in [4.69, 9.17) is 10.2 Å². The average Bonchev–Trinajstić information content (AvgIpc) is 2.24. The molecule has 0 saturated carbocycles. The second kappa shape index (κ2) is 12.1. The summed E-state index contributed by atoms with van der Waals surface area (Å²) in [5.41, 5.74) is 0. The van der Waals surface area contributed by atoms with Gasteiger partial charge in [0.15, 0.2) is 0 Å². The lowest BCUT2D eigenvalue weighted by Gasteiger charge is -2.11. The van der Waals surface area contributed by atoms with Crippen LogP contribution in [0.4, 0.5) is 0 Å². The van der Waals surface area contributed by atoms with Crippen LogP contribution in [-0.4, -0.2) is 46.7 Å². The third-order valence-corrected chi connectivity index (χ3v) is 2.18. The molecule has 5 nitrogen and oxygen atoms in total. The van der Waals surface area contributed by atoms with Crippen molar-refractivity contribution in [1.29, 1.82) is 0 Å². The molecule has 0 bridgehead atoms. The molecule has 0 aromatic rings.